The van der Waals surface area contributed by atoms with E-state index in [-0.39, 0.29) is 0 Å². The maximum Gasteiger partial charge on any atom is 0.178 e. The van der Waals surface area contributed by atoms with Crippen molar-refractivity contribution in [1.29, 1.82) is 0 Å². The van der Waals surface area contributed by atoms with Gasteiger partial charge in [0.1, 0.15) is 5.82 Å². The molecule has 0 saturated carbocycles. The highest BCUT2D eigenvalue weighted by atomic mass is 15.4. The molecule has 3 heterocycles. The quantitative estimate of drug-likeness (QED) is 0.794. The van der Waals surface area contributed by atoms with Gasteiger partial charge in [0.15, 0.2) is 11.5 Å². The lowest BCUT2D eigenvalue weighted by atomic mass is 9.97. The van der Waals surface area contributed by atoms with Crippen LogP contribution in [0.5, 0.6) is 0 Å². The first-order valence-electron chi connectivity index (χ1n) is 8.92. The van der Waals surface area contributed by atoms with Crippen molar-refractivity contribution in [2.75, 3.05) is 11.9 Å². The predicted octanol–water partition coefficient (Wildman–Crippen LogP) is 2.90. The zero-order chi connectivity index (χ0) is 17.2. The fourth-order valence-electron chi connectivity index (χ4n) is 3.59. The second-order valence-corrected chi connectivity index (χ2v) is 6.91. The van der Waals surface area contributed by atoms with Gasteiger partial charge in [0.05, 0.1) is 0 Å². The highest BCUT2D eigenvalue weighted by Gasteiger charge is 2.25. The summed E-state index contributed by atoms with van der Waals surface area (Å²) in [5.41, 5.74) is 2.17. The van der Waals surface area contributed by atoms with Gasteiger partial charge in [0.2, 0.25) is 0 Å². The van der Waals surface area contributed by atoms with Crippen LogP contribution in [0.1, 0.15) is 31.2 Å². The van der Waals surface area contributed by atoms with Crippen molar-refractivity contribution in [1.82, 2.24) is 24.7 Å². The minimum absolute atomic E-state index is 0.448. The van der Waals surface area contributed by atoms with Gasteiger partial charge in [-0.2, -0.15) is 4.52 Å². The molecular formula is C19H24N6. The van der Waals surface area contributed by atoms with Crippen LogP contribution in [0.2, 0.25) is 0 Å². The third kappa shape index (κ3) is 3.49. The number of likely N-dealkylation sites (tertiary alicyclic amines) is 1. The molecule has 4 rings (SSSR count). The number of aromatic nitrogens is 4. The second kappa shape index (κ2) is 6.80. The Bertz CT molecular complexity index is 844. The van der Waals surface area contributed by atoms with Gasteiger partial charge in [-0.25, -0.2) is 0 Å². The standard InChI is InChI=1S/C19H24N6/c1-14-12-17(10-11-24(14)13-16-6-4-3-5-7-16)20-18-8-9-19-22-21-15(2)25(19)23-18/h3-9,14,17H,10-13H2,1-2H3,(H,20,23)/t14-,17-/m1/s1. The van der Waals surface area contributed by atoms with Crippen molar-refractivity contribution < 1.29 is 0 Å². The van der Waals surface area contributed by atoms with E-state index in [2.05, 4.69) is 62.8 Å². The Morgan fingerprint density at radius 2 is 1.96 bits per heavy atom. The van der Waals surface area contributed by atoms with Gasteiger partial charge in [0.25, 0.3) is 0 Å². The number of nitrogens with zero attached hydrogens (tertiary/aromatic N) is 5. The fraction of sp³-hybridized carbons (Fsp3) is 0.421. The normalized spacial score (nSPS) is 21.5. The number of anilines is 1. The van der Waals surface area contributed by atoms with Crippen molar-refractivity contribution in [3.05, 3.63) is 53.9 Å². The van der Waals surface area contributed by atoms with E-state index in [1.807, 2.05) is 19.1 Å². The second-order valence-electron chi connectivity index (χ2n) is 6.91. The summed E-state index contributed by atoms with van der Waals surface area (Å²) in [5.74, 6) is 1.70. The molecule has 25 heavy (non-hydrogen) atoms. The van der Waals surface area contributed by atoms with Gasteiger partial charge in [-0.3, -0.25) is 4.90 Å². The van der Waals surface area contributed by atoms with Crippen LogP contribution >= 0.6 is 0 Å². The van der Waals surface area contributed by atoms with Crippen LogP contribution in [-0.2, 0) is 6.54 Å². The molecule has 0 radical (unpaired) electrons. The van der Waals surface area contributed by atoms with E-state index in [1.54, 1.807) is 4.52 Å². The number of benzene rings is 1. The molecule has 0 spiro atoms. The van der Waals surface area contributed by atoms with Crippen LogP contribution in [0, 0.1) is 6.92 Å². The van der Waals surface area contributed by atoms with Gasteiger partial charge in [0, 0.05) is 25.2 Å². The Morgan fingerprint density at radius 1 is 1.12 bits per heavy atom. The molecule has 6 heteroatoms. The molecule has 0 bridgehead atoms. The maximum absolute atomic E-state index is 4.61. The first-order valence-corrected chi connectivity index (χ1v) is 8.92. The topological polar surface area (TPSA) is 58.4 Å². The number of hydrogen-bond donors (Lipinski definition) is 1. The lowest BCUT2D eigenvalue weighted by molar-refractivity contribution is 0.144. The molecule has 1 aliphatic rings. The van der Waals surface area contributed by atoms with Gasteiger partial charge in [-0.15, -0.1) is 15.3 Å². The van der Waals surface area contributed by atoms with Gasteiger partial charge >= 0.3 is 0 Å². The Hall–Kier alpha value is -2.47. The average molecular weight is 336 g/mol. The molecule has 1 fully saturated rings. The SMILES string of the molecule is Cc1nnc2ccc(N[C@@H]3CCN(Cc4ccccc4)[C@H](C)C3)nn12. The minimum atomic E-state index is 0.448. The summed E-state index contributed by atoms with van der Waals surface area (Å²) in [7, 11) is 0. The lowest BCUT2D eigenvalue weighted by Crippen LogP contribution is -2.44. The fourth-order valence-corrected chi connectivity index (χ4v) is 3.59. The molecule has 1 saturated heterocycles. The van der Waals surface area contributed by atoms with Gasteiger partial charge in [-0.05, 0) is 44.4 Å². The van der Waals surface area contributed by atoms with E-state index in [1.165, 1.54) is 5.56 Å². The van der Waals surface area contributed by atoms with Crippen LogP contribution in [-0.4, -0.2) is 43.3 Å². The smallest absolute Gasteiger partial charge is 0.178 e. The highest BCUT2D eigenvalue weighted by molar-refractivity contribution is 5.44. The van der Waals surface area contributed by atoms with Crippen LogP contribution in [0.4, 0.5) is 5.82 Å². The summed E-state index contributed by atoms with van der Waals surface area (Å²) in [5, 5.41) is 16.3. The molecule has 1 aromatic carbocycles. The summed E-state index contributed by atoms with van der Waals surface area (Å²) in [4.78, 5) is 2.56. The highest BCUT2D eigenvalue weighted by Crippen LogP contribution is 2.22. The molecule has 130 valence electrons. The Morgan fingerprint density at radius 3 is 2.76 bits per heavy atom. The average Bonchev–Trinajstić information content (AvgIpc) is 2.99. The molecule has 1 N–H and O–H groups in total. The molecule has 0 unspecified atom stereocenters. The third-order valence-electron chi connectivity index (χ3n) is 5.01. The number of piperidine rings is 1. The molecule has 1 aliphatic heterocycles. The van der Waals surface area contributed by atoms with Crippen LogP contribution in [0.15, 0.2) is 42.5 Å². The number of fused-ring (bicyclic) bond motifs is 1. The largest absolute Gasteiger partial charge is 0.366 e. The van der Waals surface area contributed by atoms with E-state index in [4.69, 9.17) is 0 Å². The van der Waals surface area contributed by atoms with Crippen molar-refractivity contribution in [3.8, 4) is 0 Å². The van der Waals surface area contributed by atoms with E-state index in [0.717, 1.165) is 43.2 Å². The molecule has 3 aromatic rings. The number of hydrogen-bond acceptors (Lipinski definition) is 5. The van der Waals surface area contributed by atoms with Crippen LogP contribution in [0.25, 0.3) is 5.65 Å². The monoisotopic (exact) mass is 336 g/mol. The summed E-state index contributed by atoms with van der Waals surface area (Å²) >= 11 is 0. The van der Waals surface area contributed by atoms with Crippen LogP contribution in [0.3, 0.4) is 0 Å². The van der Waals surface area contributed by atoms with Gasteiger partial charge < -0.3 is 5.32 Å². The first-order chi connectivity index (χ1) is 12.2. The van der Waals surface area contributed by atoms with Gasteiger partial charge in [-0.1, -0.05) is 30.3 Å². The molecule has 0 aliphatic carbocycles. The van der Waals surface area contributed by atoms with E-state index >= 15 is 0 Å². The van der Waals surface area contributed by atoms with Crippen molar-refractivity contribution >= 4 is 11.5 Å². The molecular weight excluding hydrogens is 312 g/mol. The first kappa shape index (κ1) is 16.0. The third-order valence-corrected chi connectivity index (χ3v) is 5.01. The minimum Gasteiger partial charge on any atom is -0.366 e. The Balaban J connectivity index is 1.39. The Kier molecular flexibility index (Phi) is 4.36. The van der Waals surface area contributed by atoms with Crippen molar-refractivity contribution in [3.63, 3.8) is 0 Å². The van der Waals surface area contributed by atoms with Crippen molar-refractivity contribution in [2.24, 2.45) is 0 Å². The molecule has 0 amide bonds. The number of nitrogens with one attached hydrogen (secondary N) is 1. The van der Waals surface area contributed by atoms with Crippen LogP contribution < -0.4 is 5.32 Å². The molecule has 2 aromatic heterocycles. The Labute approximate surface area is 147 Å². The summed E-state index contributed by atoms with van der Waals surface area (Å²) in [6.45, 7) is 6.36. The zero-order valence-electron chi connectivity index (χ0n) is 14.8. The summed E-state index contributed by atoms with van der Waals surface area (Å²) in [6.07, 6.45) is 2.24. The summed E-state index contributed by atoms with van der Waals surface area (Å²) < 4.78 is 1.79. The maximum atomic E-state index is 4.61. The number of aryl methyl sites for hydroxylation is 1. The summed E-state index contributed by atoms with van der Waals surface area (Å²) in [6, 6.07) is 15.7. The lowest BCUT2D eigenvalue weighted by Gasteiger charge is -2.38. The van der Waals surface area contributed by atoms with Crippen molar-refractivity contribution in [2.45, 2.75) is 45.3 Å². The molecule has 6 nitrogen and oxygen atoms in total. The van der Waals surface area contributed by atoms with E-state index in [9.17, 15) is 0 Å². The zero-order valence-corrected chi connectivity index (χ0v) is 14.8. The van der Waals surface area contributed by atoms with E-state index in [0.29, 0.717) is 12.1 Å². The number of rotatable bonds is 4. The predicted molar refractivity (Wildman–Crippen MR) is 98.5 cm³/mol. The molecule has 2 atom stereocenters. The van der Waals surface area contributed by atoms with E-state index < -0.39 is 0 Å².